The van der Waals surface area contributed by atoms with Crippen LogP contribution in [0.1, 0.15) is 67.1 Å². The topological polar surface area (TPSA) is 158 Å². The summed E-state index contributed by atoms with van der Waals surface area (Å²) in [6.07, 6.45) is 2.78. The largest absolute Gasteiger partial charge is 0.493 e. The van der Waals surface area contributed by atoms with Crippen LogP contribution in [0.2, 0.25) is 0 Å². The van der Waals surface area contributed by atoms with E-state index < -0.39 is 23.9 Å². The van der Waals surface area contributed by atoms with Gasteiger partial charge in [0.05, 0.1) is 27.9 Å². The molecule has 0 amide bonds. The first-order chi connectivity index (χ1) is 15.6. The Morgan fingerprint density at radius 3 is 1.94 bits per heavy atom. The van der Waals surface area contributed by atoms with E-state index in [4.69, 9.17) is 14.9 Å². The van der Waals surface area contributed by atoms with Crippen LogP contribution in [0.5, 0.6) is 5.75 Å². The Morgan fingerprint density at radius 1 is 0.788 bits per heavy atom. The molecule has 1 unspecified atom stereocenters. The van der Waals surface area contributed by atoms with Gasteiger partial charge in [0, 0.05) is 4.90 Å². The summed E-state index contributed by atoms with van der Waals surface area (Å²) < 4.78 is 5.29. The number of thioether (sulfide) groups is 1. The Labute approximate surface area is 198 Å². The van der Waals surface area contributed by atoms with Crippen molar-refractivity contribution >= 4 is 48.3 Å². The van der Waals surface area contributed by atoms with Crippen LogP contribution >= 0.6 is 24.4 Å². The lowest BCUT2D eigenvalue weighted by atomic mass is 10.1. The normalized spacial score (nSPS) is 11.5. The number of thiol groups is 1. The molecule has 0 fully saturated rings. The summed E-state index contributed by atoms with van der Waals surface area (Å²) >= 11 is 5.71. The maximum Gasteiger partial charge on any atom is 0.339 e. The maximum atomic E-state index is 11.4. The van der Waals surface area contributed by atoms with E-state index in [-0.39, 0.29) is 39.2 Å². The average Bonchev–Trinajstić information content (AvgIpc) is 2.75. The number of benzene rings is 2. The summed E-state index contributed by atoms with van der Waals surface area (Å²) in [5.74, 6) is -4.82. The zero-order chi connectivity index (χ0) is 24.5. The van der Waals surface area contributed by atoms with E-state index in [0.717, 1.165) is 25.0 Å². The SMILES string of the molecule is O=C(O)c1ccc(OCCCCCC(S)Sc2ccc(C(=O)O)cc2C(=O)O)c(C(=O)O)c1. The zero-order valence-corrected chi connectivity index (χ0v) is 19.0. The minimum atomic E-state index is -1.28. The molecule has 0 saturated carbocycles. The van der Waals surface area contributed by atoms with Gasteiger partial charge in [-0.25, -0.2) is 19.2 Å². The van der Waals surface area contributed by atoms with Crippen LogP contribution in [0, 0.1) is 0 Å². The highest BCUT2D eigenvalue weighted by atomic mass is 32.2. The number of hydrogen-bond acceptors (Lipinski definition) is 7. The molecule has 4 N–H and O–H groups in total. The summed E-state index contributed by atoms with van der Waals surface area (Å²) in [5, 5.41) is 36.6. The quantitative estimate of drug-likeness (QED) is 0.116. The van der Waals surface area contributed by atoms with E-state index in [9.17, 15) is 29.4 Å². The molecule has 0 radical (unpaired) electrons. The summed E-state index contributed by atoms with van der Waals surface area (Å²) in [4.78, 5) is 45.2. The van der Waals surface area contributed by atoms with Gasteiger partial charge < -0.3 is 25.2 Å². The first kappa shape index (κ1) is 26.1. The molecule has 2 aromatic rings. The van der Waals surface area contributed by atoms with Crippen molar-refractivity contribution in [3.63, 3.8) is 0 Å². The van der Waals surface area contributed by atoms with Gasteiger partial charge in [-0.05, 0) is 55.7 Å². The number of rotatable bonds is 13. The molecule has 0 spiro atoms. The summed E-state index contributed by atoms with van der Waals surface area (Å²) in [6, 6.07) is 7.59. The summed E-state index contributed by atoms with van der Waals surface area (Å²) in [7, 11) is 0. The monoisotopic (exact) mass is 494 g/mol. The highest BCUT2D eigenvalue weighted by Gasteiger charge is 2.17. The Morgan fingerprint density at radius 2 is 1.36 bits per heavy atom. The third-order valence-electron chi connectivity index (χ3n) is 4.53. The van der Waals surface area contributed by atoms with Crippen LogP contribution in [-0.4, -0.2) is 55.5 Å². The Hall–Kier alpha value is -3.18. The summed E-state index contributed by atoms with van der Waals surface area (Å²) in [5.41, 5.74) is -0.544. The second-order valence-corrected chi connectivity index (χ2v) is 9.13. The van der Waals surface area contributed by atoms with Crippen LogP contribution in [0.3, 0.4) is 0 Å². The zero-order valence-electron chi connectivity index (χ0n) is 17.3. The molecule has 33 heavy (non-hydrogen) atoms. The predicted octanol–water partition coefficient (Wildman–Crippen LogP) is 4.47. The fourth-order valence-corrected chi connectivity index (χ4v) is 4.40. The standard InChI is InChI=1S/C22H22O9S2/c23-19(24)12-5-7-16(14(10-12)21(27)28)31-9-3-1-2-4-18(32)33-17-8-6-13(20(25)26)11-15(17)22(29)30/h5-8,10-11,18,32H,1-4,9H2,(H,23,24)(H,25,26)(H,27,28)(H,29,30). The fourth-order valence-electron chi connectivity index (χ4n) is 2.87. The molecule has 0 heterocycles. The van der Waals surface area contributed by atoms with Crippen LogP contribution in [-0.2, 0) is 0 Å². The van der Waals surface area contributed by atoms with Gasteiger partial charge in [0.15, 0.2) is 0 Å². The molecule has 1 atom stereocenters. The first-order valence-electron chi connectivity index (χ1n) is 9.79. The molecule has 0 aliphatic rings. The minimum Gasteiger partial charge on any atom is -0.493 e. The van der Waals surface area contributed by atoms with Gasteiger partial charge >= 0.3 is 23.9 Å². The molecule has 2 aromatic carbocycles. The molecule has 0 aliphatic carbocycles. The van der Waals surface area contributed by atoms with Crippen LogP contribution < -0.4 is 4.74 Å². The smallest absolute Gasteiger partial charge is 0.339 e. The lowest BCUT2D eigenvalue weighted by molar-refractivity contribution is 0.0673. The second kappa shape index (κ2) is 12.2. The summed E-state index contributed by atoms with van der Waals surface area (Å²) in [6.45, 7) is 0.247. The van der Waals surface area contributed by atoms with Gasteiger partial charge in [0.25, 0.3) is 0 Å². The fraction of sp³-hybridized carbons (Fsp3) is 0.273. The van der Waals surface area contributed by atoms with Crippen molar-refractivity contribution in [2.45, 2.75) is 35.2 Å². The van der Waals surface area contributed by atoms with E-state index in [0.29, 0.717) is 17.7 Å². The minimum absolute atomic E-state index is 0.0875. The number of unbranched alkanes of at least 4 members (excludes halogenated alkanes) is 2. The number of aromatic carboxylic acids is 4. The highest BCUT2D eigenvalue weighted by molar-refractivity contribution is 8.10. The average molecular weight is 495 g/mol. The molecule has 2 rings (SSSR count). The van der Waals surface area contributed by atoms with Gasteiger partial charge in [0.1, 0.15) is 11.3 Å². The molecule has 0 bridgehead atoms. The van der Waals surface area contributed by atoms with E-state index in [1.807, 2.05) is 0 Å². The second-order valence-electron chi connectivity index (χ2n) is 6.91. The van der Waals surface area contributed by atoms with Crippen molar-refractivity contribution in [2.24, 2.45) is 0 Å². The van der Waals surface area contributed by atoms with E-state index in [1.165, 1.54) is 36.0 Å². The third kappa shape index (κ3) is 7.72. The molecule has 0 aliphatic heterocycles. The van der Waals surface area contributed by atoms with E-state index in [1.54, 1.807) is 0 Å². The van der Waals surface area contributed by atoms with Crippen molar-refractivity contribution in [1.82, 2.24) is 0 Å². The number of hydrogen-bond donors (Lipinski definition) is 5. The van der Waals surface area contributed by atoms with Gasteiger partial charge in [0.2, 0.25) is 0 Å². The van der Waals surface area contributed by atoms with Crippen molar-refractivity contribution in [1.29, 1.82) is 0 Å². The highest BCUT2D eigenvalue weighted by Crippen LogP contribution is 2.32. The van der Waals surface area contributed by atoms with Crippen molar-refractivity contribution < 1.29 is 44.3 Å². The number of carbonyl (C=O) groups is 4. The molecule has 11 heteroatoms. The number of carboxylic acid groups (broad SMARTS) is 4. The molecular weight excluding hydrogens is 472 g/mol. The maximum absolute atomic E-state index is 11.4. The van der Waals surface area contributed by atoms with Gasteiger partial charge in [-0.15, -0.1) is 11.8 Å². The lowest BCUT2D eigenvalue weighted by Crippen LogP contribution is -2.07. The molecular formula is C22H22O9S2. The van der Waals surface area contributed by atoms with Gasteiger partial charge in [-0.1, -0.05) is 6.42 Å². The van der Waals surface area contributed by atoms with Crippen molar-refractivity contribution in [3.8, 4) is 5.75 Å². The Kier molecular flexibility index (Phi) is 9.61. The van der Waals surface area contributed by atoms with Crippen molar-refractivity contribution in [2.75, 3.05) is 6.61 Å². The van der Waals surface area contributed by atoms with Crippen molar-refractivity contribution in [3.05, 3.63) is 58.7 Å². The Balaban J connectivity index is 1.81. The third-order valence-corrected chi connectivity index (χ3v) is 6.22. The van der Waals surface area contributed by atoms with Gasteiger partial charge in [-0.2, -0.15) is 12.6 Å². The predicted molar refractivity (Wildman–Crippen MR) is 123 cm³/mol. The van der Waals surface area contributed by atoms with E-state index >= 15 is 0 Å². The number of ether oxygens (including phenoxy) is 1. The van der Waals surface area contributed by atoms with Crippen LogP contribution in [0.4, 0.5) is 0 Å². The molecule has 0 aromatic heterocycles. The number of carboxylic acids is 4. The van der Waals surface area contributed by atoms with E-state index in [2.05, 4.69) is 12.6 Å². The molecule has 0 saturated heterocycles. The van der Waals surface area contributed by atoms with Gasteiger partial charge in [-0.3, -0.25) is 0 Å². The Bertz CT molecular complexity index is 1050. The molecule has 176 valence electrons. The lowest BCUT2D eigenvalue weighted by Gasteiger charge is -2.13. The first-order valence-corrected chi connectivity index (χ1v) is 11.2. The molecule has 9 nitrogen and oxygen atoms in total. The van der Waals surface area contributed by atoms with Crippen LogP contribution in [0.25, 0.3) is 0 Å². The van der Waals surface area contributed by atoms with Crippen LogP contribution in [0.15, 0.2) is 41.3 Å².